The molecule has 0 aromatic rings. The van der Waals surface area contributed by atoms with Gasteiger partial charge in [-0.2, -0.15) is 11.8 Å². The molecule has 15 heavy (non-hydrogen) atoms. The maximum Gasteiger partial charge on any atom is 0.323 e. The van der Waals surface area contributed by atoms with Crippen LogP contribution in [0.25, 0.3) is 0 Å². The van der Waals surface area contributed by atoms with E-state index in [4.69, 9.17) is 5.73 Å². The van der Waals surface area contributed by atoms with Gasteiger partial charge in [0.05, 0.1) is 12.9 Å². The molecule has 0 saturated heterocycles. The number of nitrogens with two attached hydrogens (primary N) is 1. The van der Waals surface area contributed by atoms with Crippen LogP contribution in [0.3, 0.4) is 0 Å². The molecule has 0 aliphatic heterocycles. The fraction of sp³-hybridized carbons (Fsp3) is 0.875. The van der Waals surface area contributed by atoms with E-state index in [1.54, 1.807) is 0 Å². The number of rotatable bonds is 7. The fourth-order valence-corrected chi connectivity index (χ4v) is 2.61. The molecule has 0 fully saturated rings. The summed E-state index contributed by atoms with van der Waals surface area (Å²) in [6.45, 7) is 0. The summed E-state index contributed by atoms with van der Waals surface area (Å²) in [7, 11) is -1.59. The number of hydrogen-bond acceptors (Lipinski definition) is 6. The normalized spacial score (nSPS) is 13.5. The van der Waals surface area contributed by atoms with Gasteiger partial charge in [-0.05, 0) is 12.2 Å². The molecule has 5 nitrogen and oxygen atoms in total. The third-order valence-corrected chi connectivity index (χ3v) is 3.81. The molecular weight excluding hydrogens is 238 g/mol. The Morgan fingerprint density at radius 3 is 2.60 bits per heavy atom. The molecule has 90 valence electrons. The van der Waals surface area contributed by atoms with Crippen molar-refractivity contribution in [1.29, 1.82) is 0 Å². The fourth-order valence-electron chi connectivity index (χ4n) is 0.853. The molecule has 0 aliphatic rings. The summed E-state index contributed by atoms with van der Waals surface area (Å²) in [4.78, 5) is 10.9. The van der Waals surface area contributed by atoms with Gasteiger partial charge in [0.1, 0.15) is 15.9 Å². The van der Waals surface area contributed by atoms with Gasteiger partial charge in [-0.15, -0.1) is 0 Å². The second-order valence-corrected chi connectivity index (χ2v) is 6.60. The number of carbonyl (C=O) groups is 1. The minimum atomic E-state index is -2.88. The van der Waals surface area contributed by atoms with Gasteiger partial charge >= 0.3 is 5.97 Å². The zero-order valence-corrected chi connectivity index (χ0v) is 10.6. The summed E-state index contributed by atoms with van der Waals surface area (Å²) in [6, 6.07) is -0.627. The van der Waals surface area contributed by atoms with Gasteiger partial charge in [0.15, 0.2) is 0 Å². The predicted octanol–water partition coefficient (Wildman–Crippen LogP) is -0.345. The molecule has 0 radical (unpaired) electrons. The van der Waals surface area contributed by atoms with Crippen LogP contribution in [0.2, 0.25) is 0 Å². The molecule has 2 N–H and O–H groups in total. The zero-order chi connectivity index (χ0) is 11.9. The molecule has 1 unspecified atom stereocenters. The number of carbonyl (C=O) groups excluding carboxylic acids is 1. The highest BCUT2D eigenvalue weighted by Gasteiger charge is 2.13. The first kappa shape index (κ1) is 14.7. The maximum absolute atomic E-state index is 10.9. The van der Waals surface area contributed by atoms with Crippen LogP contribution in [-0.4, -0.2) is 51.1 Å². The van der Waals surface area contributed by atoms with Crippen molar-refractivity contribution in [2.45, 2.75) is 12.5 Å². The molecule has 0 rings (SSSR count). The van der Waals surface area contributed by atoms with Crippen LogP contribution < -0.4 is 5.73 Å². The minimum Gasteiger partial charge on any atom is -0.468 e. The Morgan fingerprint density at radius 1 is 1.53 bits per heavy atom. The maximum atomic E-state index is 10.9. The first-order chi connectivity index (χ1) is 6.87. The number of esters is 1. The number of sulfone groups is 1. The third kappa shape index (κ3) is 8.71. The van der Waals surface area contributed by atoms with E-state index in [9.17, 15) is 13.2 Å². The van der Waals surface area contributed by atoms with Crippen molar-refractivity contribution in [2.24, 2.45) is 5.73 Å². The van der Waals surface area contributed by atoms with Crippen LogP contribution >= 0.6 is 11.8 Å². The van der Waals surface area contributed by atoms with Gasteiger partial charge in [-0.3, -0.25) is 4.79 Å². The van der Waals surface area contributed by atoms with Crippen molar-refractivity contribution in [3.63, 3.8) is 0 Å². The summed E-state index contributed by atoms with van der Waals surface area (Å²) < 4.78 is 26.0. The molecule has 0 amide bonds. The van der Waals surface area contributed by atoms with E-state index >= 15 is 0 Å². The van der Waals surface area contributed by atoms with Gasteiger partial charge in [-0.25, -0.2) is 8.42 Å². The van der Waals surface area contributed by atoms with Crippen molar-refractivity contribution in [3.8, 4) is 0 Å². The van der Waals surface area contributed by atoms with E-state index < -0.39 is 21.8 Å². The zero-order valence-electron chi connectivity index (χ0n) is 8.93. The van der Waals surface area contributed by atoms with Crippen LogP contribution in [0.1, 0.15) is 6.42 Å². The highest BCUT2D eigenvalue weighted by atomic mass is 32.2. The molecule has 0 spiro atoms. The second kappa shape index (κ2) is 7.08. The molecule has 0 aliphatic carbocycles. The largest absolute Gasteiger partial charge is 0.468 e. The van der Waals surface area contributed by atoms with E-state index in [1.165, 1.54) is 25.1 Å². The molecule has 7 heteroatoms. The quantitative estimate of drug-likeness (QED) is 0.494. The van der Waals surface area contributed by atoms with Crippen molar-refractivity contribution in [3.05, 3.63) is 0 Å². The molecule has 0 aromatic carbocycles. The Hall–Kier alpha value is -0.270. The van der Waals surface area contributed by atoms with Crippen LogP contribution in [0.5, 0.6) is 0 Å². The van der Waals surface area contributed by atoms with E-state index in [0.717, 1.165) is 0 Å². The first-order valence-electron chi connectivity index (χ1n) is 4.45. The molecule has 0 saturated carbocycles. The Morgan fingerprint density at radius 2 is 2.13 bits per heavy atom. The monoisotopic (exact) mass is 255 g/mol. The average Bonchev–Trinajstić information content (AvgIpc) is 2.14. The minimum absolute atomic E-state index is 0.174. The average molecular weight is 255 g/mol. The Balaban J connectivity index is 3.51. The van der Waals surface area contributed by atoms with Crippen LogP contribution in [-0.2, 0) is 19.4 Å². The third-order valence-electron chi connectivity index (χ3n) is 1.61. The van der Waals surface area contributed by atoms with Crippen LogP contribution in [0, 0.1) is 0 Å². The first-order valence-corrected chi connectivity index (χ1v) is 7.67. The van der Waals surface area contributed by atoms with Gasteiger partial charge < -0.3 is 10.5 Å². The van der Waals surface area contributed by atoms with Gasteiger partial charge in [-0.1, -0.05) is 0 Å². The van der Waals surface area contributed by atoms with E-state index in [-0.39, 0.29) is 5.75 Å². The lowest BCUT2D eigenvalue weighted by Gasteiger charge is -2.08. The van der Waals surface area contributed by atoms with E-state index in [1.807, 2.05) is 0 Å². The molecule has 0 aromatic heterocycles. The Bertz CT molecular complexity index is 289. The molecular formula is C8H17NO4S2. The number of methoxy groups -OCH3 is 1. The topological polar surface area (TPSA) is 86.5 Å². The summed E-state index contributed by atoms with van der Waals surface area (Å²) in [5, 5.41) is 0. The smallest absolute Gasteiger partial charge is 0.323 e. The van der Waals surface area contributed by atoms with Crippen LogP contribution in [0.4, 0.5) is 0 Å². The number of hydrogen-bond donors (Lipinski definition) is 1. The molecule has 0 heterocycles. The van der Waals surface area contributed by atoms with E-state index in [0.29, 0.717) is 17.9 Å². The van der Waals surface area contributed by atoms with E-state index in [2.05, 4.69) is 4.74 Å². The summed E-state index contributed by atoms with van der Waals surface area (Å²) >= 11 is 1.46. The number of ether oxygens (including phenoxy) is 1. The highest BCUT2D eigenvalue weighted by molar-refractivity contribution is 7.99. The van der Waals surface area contributed by atoms with Crippen LogP contribution in [0.15, 0.2) is 0 Å². The second-order valence-electron chi connectivity index (χ2n) is 3.19. The summed E-state index contributed by atoms with van der Waals surface area (Å²) in [5.41, 5.74) is 5.48. The van der Waals surface area contributed by atoms with Gasteiger partial charge in [0, 0.05) is 12.0 Å². The van der Waals surface area contributed by atoms with Crippen molar-refractivity contribution < 1.29 is 17.9 Å². The highest BCUT2D eigenvalue weighted by Crippen LogP contribution is 2.05. The summed E-state index contributed by atoms with van der Waals surface area (Å²) in [6.07, 6.45) is 1.79. The molecule has 0 bridgehead atoms. The lowest BCUT2D eigenvalue weighted by Crippen LogP contribution is -2.33. The van der Waals surface area contributed by atoms with Crippen molar-refractivity contribution in [1.82, 2.24) is 0 Å². The van der Waals surface area contributed by atoms with Gasteiger partial charge in [0.2, 0.25) is 0 Å². The summed E-state index contributed by atoms with van der Waals surface area (Å²) in [5.74, 6) is 0.868. The Kier molecular flexibility index (Phi) is 6.95. The van der Waals surface area contributed by atoms with Gasteiger partial charge in [0.25, 0.3) is 0 Å². The van der Waals surface area contributed by atoms with Crippen molar-refractivity contribution in [2.75, 3.05) is 30.6 Å². The standard InChI is InChI=1S/C8H17NO4S2/c1-13-8(10)7(9)6-14-4-3-5-15(2,11)12/h7H,3-6,9H2,1-2H3. The predicted molar refractivity (Wildman–Crippen MR) is 61.6 cm³/mol. The lowest BCUT2D eigenvalue weighted by molar-refractivity contribution is -0.141. The Labute approximate surface area is 94.7 Å². The lowest BCUT2D eigenvalue weighted by atomic mass is 10.4. The van der Waals surface area contributed by atoms with Crippen molar-refractivity contribution >= 4 is 27.6 Å². The number of thioether (sulfide) groups is 1. The molecule has 1 atom stereocenters. The SMILES string of the molecule is COC(=O)C(N)CSCCCS(C)(=O)=O.